The lowest BCUT2D eigenvalue weighted by atomic mass is 9.72. The van der Waals surface area contributed by atoms with Crippen LogP contribution >= 0.6 is 11.8 Å². The number of nitrogens with one attached hydrogen (secondary N) is 1. The maximum absolute atomic E-state index is 3.87. The zero-order chi connectivity index (χ0) is 11.4. The van der Waals surface area contributed by atoms with Gasteiger partial charge in [0.1, 0.15) is 0 Å². The molecule has 0 bridgehead atoms. The number of thioether (sulfide) groups is 1. The van der Waals surface area contributed by atoms with Gasteiger partial charge in [-0.3, -0.25) is 0 Å². The van der Waals surface area contributed by atoms with E-state index < -0.39 is 0 Å². The van der Waals surface area contributed by atoms with Gasteiger partial charge in [0.25, 0.3) is 0 Å². The highest BCUT2D eigenvalue weighted by atomic mass is 32.2. The summed E-state index contributed by atoms with van der Waals surface area (Å²) in [4.78, 5) is 0. The van der Waals surface area contributed by atoms with Crippen LogP contribution in [0, 0.1) is 11.8 Å². The monoisotopic (exact) mass is 241 g/mol. The summed E-state index contributed by atoms with van der Waals surface area (Å²) in [6.45, 7) is 6.07. The summed E-state index contributed by atoms with van der Waals surface area (Å²) < 4.78 is 0. The summed E-state index contributed by atoms with van der Waals surface area (Å²) >= 11 is 2.15. The van der Waals surface area contributed by atoms with Crippen LogP contribution in [0.2, 0.25) is 0 Å². The van der Waals surface area contributed by atoms with Crippen molar-refractivity contribution in [3.05, 3.63) is 0 Å². The van der Waals surface area contributed by atoms with E-state index in [1.165, 1.54) is 56.6 Å². The van der Waals surface area contributed by atoms with Crippen LogP contribution in [0.25, 0.3) is 0 Å². The molecule has 16 heavy (non-hydrogen) atoms. The van der Waals surface area contributed by atoms with E-state index in [0.717, 1.165) is 11.8 Å². The SMILES string of the molecule is CC(C)C1(CC2CCSCC2)CCCCN1. The molecule has 0 aromatic rings. The Hall–Kier alpha value is 0.310. The highest BCUT2D eigenvalue weighted by Gasteiger charge is 2.37. The third kappa shape index (κ3) is 2.95. The molecule has 2 heteroatoms. The Labute approximate surface area is 105 Å². The van der Waals surface area contributed by atoms with E-state index in [9.17, 15) is 0 Å². The van der Waals surface area contributed by atoms with Crippen molar-refractivity contribution in [2.75, 3.05) is 18.1 Å². The third-order valence-electron chi connectivity index (χ3n) is 4.63. The van der Waals surface area contributed by atoms with Crippen molar-refractivity contribution in [3.8, 4) is 0 Å². The molecule has 2 aliphatic rings. The number of piperidine rings is 1. The van der Waals surface area contributed by atoms with Crippen molar-refractivity contribution < 1.29 is 0 Å². The first-order valence-electron chi connectivity index (χ1n) is 7.06. The van der Waals surface area contributed by atoms with Gasteiger partial charge >= 0.3 is 0 Å². The molecule has 2 rings (SSSR count). The molecule has 94 valence electrons. The molecule has 1 atom stereocenters. The smallest absolute Gasteiger partial charge is 0.0207 e. The van der Waals surface area contributed by atoms with Gasteiger partial charge in [-0.15, -0.1) is 0 Å². The molecule has 0 aliphatic carbocycles. The van der Waals surface area contributed by atoms with E-state index in [1.54, 1.807) is 0 Å². The third-order valence-corrected chi connectivity index (χ3v) is 5.67. The molecule has 0 amide bonds. The Bertz CT molecular complexity index is 203. The summed E-state index contributed by atoms with van der Waals surface area (Å²) in [5.74, 6) is 4.59. The molecule has 1 N–H and O–H groups in total. The summed E-state index contributed by atoms with van der Waals surface area (Å²) in [7, 11) is 0. The van der Waals surface area contributed by atoms with Crippen molar-refractivity contribution in [2.45, 2.75) is 57.9 Å². The minimum absolute atomic E-state index is 0.477. The van der Waals surface area contributed by atoms with Gasteiger partial charge < -0.3 is 5.32 Å². The molecular formula is C14H27NS. The molecule has 2 fully saturated rings. The zero-order valence-electron chi connectivity index (χ0n) is 10.9. The molecular weight excluding hydrogens is 214 g/mol. The number of rotatable bonds is 3. The topological polar surface area (TPSA) is 12.0 Å². The lowest BCUT2D eigenvalue weighted by Gasteiger charge is -2.45. The minimum atomic E-state index is 0.477. The molecule has 2 saturated heterocycles. The van der Waals surface area contributed by atoms with Crippen molar-refractivity contribution in [1.29, 1.82) is 0 Å². The number of hydrogen-bond acceptors (Lipinski definition) is 2. The van der Waals surface area contributed by atoms with Crippen LogP contribution in [0.3, 0.4) is 0 Å². The van der Waals surface area contributed by atoms with E-state index in [2.05, 4.69) is 30.9 Å². The number of hydrogen-bond donors (Lipinski definition) is 1. The van der Waals surface area contributed by atoms with Crippen LogP contribution in [0.15, 0.2) is 0 Å². The second kappa shape index (κ2) is 5.77. The van der Waals surface area contributed by atoms with E-state index in [1.807, 2.05) is 0 Å². The second-order valence-corrected chi connectivity index (χ2v) is 7.18. The minimum Gasteiger partial charge on any atom is -0.311 e. The maximum Gasteiger partial charge on any atom is 0.0207 e. The normalized spacial score (nSPS) is 33.2. The van der Waals surface area contributed by atoms with E-state index in [-0.39, 0.29) is 0 Å². The summed E-state index contributed by atoms with van der Waals surface area (Å²) in [5, 5.41) is 3.87. The molecule has 2 heterocycles. The fourth-order valence-corrected chi connectivity index (χ4v) is 4.56. The molecule has 1 nitrogen and oxygen atoms in total. The van der Waals surface area contributed by atoms with Crippen LogP contribution in [0.5, 0.6) is 0 Å². The predicted molar refractivity (Wildman–Crippen MR) is 74.1 cm³/mol. The molecule has 0 spiro atoms. The molecule has 0 aromatic carbocycles. The lowest BCUT2D eigenvalue weighted by molar-refractivity contribution is 0.140. The van der Waals surface area contributed by atoms with Gasteiger partial charge in [0.2, 0.25) is 0 Å². The van der Waals surface area contributed by atoms with E-state index in [0.29, 0.717) is 5.54 Å². The fraction of sp³-hybridized carbons (Fsp3) is 1.00. The highest BCUT2D eigenvalue weighted by molar-refractivity contribution is 7.99. The molecule has 0 radical (unpaired) electrons. The van der Waals surface area contributed by atoms with E-state index in [4.69, 9.17) is 0 Å². The maximum atomic E-state index is 3.87. The molecule has 0 saturated carbocycles. The Morgan fingerprint density at radius 2 is 2.00 bits per heavy atom. The van der Waals surface area contributed by atoms with Gasteiger partial charge in [-0.25, -0.2) is 0 Å². The van der Waals surface area contributed by atoms with Gasteiger partial charge in [0.15, 0.2) is 0 Å². The molecule has 0 aromatic heterocycles. The van der Waals surface area contributed by atoms with Crippen LogP contribution in [0.1, 0.15) is 52.4 Å². The van der Waals surface area contributed by atoms with Crippen LogP contribution < -0.4 is 5.32 Å². The standard InChI is InChI=1S/C14H27NS/c1-12(2)14(7-3-4-8-15-14)11-13-5-9-16-10-6-13/h12-13,15H,3-11H2,1-2H3. The average molecular weight is 241 g/mol. The lowest BCUT2D eigenvalue weighted by Crippen LogP contribution is -2.53. The van der Waals surface area contributed by atoms with E-state index >= 15 is 0 Å². The first-order valence-corrected chi connectivity index (χ1v) is 8.21. The van der Waals surface area contributed by atoms with Gasteiger partial charge in [-0.2, -0.15) is 11.8 Å². The Balaban J connectivity index is 1.95. The van der Waals surface area contributed by atoms with Crippen molar-refractivity contribution in [3.63, 3.8) is 0 Å². The van der Waals surface area contributed by atoms with Gasteiger partial charge in [-0.1, -0.05) is 20.3 Å². The largest absolute Gasteiger partial charge is 0.311 e. The Morgan fingerprint density at radius 3 is 2.56 bits per heavy atom. The van der Waals surface area contributed by atoms with Gasteiger partial charge in [0.05, 0.1) is 0 Å². The summed E-state index contributed by atoms with van der Waals surface area (Å²) in [6, 6.07) is 0. The molecule has 2 aliphatic heterocycles. The van der Waals surface area contributed by atoms with Crippen molar-refractivity contribution in [2.24, 2.45) is 11.8 Å². The fourth-order valence-electron chi connectivity index (χ4n) is 3.36. The first-order chi connectivity index (χ1) is 7.73. The van der Waals surface area contributed by atoms with Gasteiger partial charge in [0, 0.05) is 5.54 Å². The van der Waals surface area contributed by atoms with Crippen molar-refractivity contribution in [1.82, 2.24) is 5.32 Å². The molecule has 1 unspecified atom stereocenters. The average Bonchev–Trinajstić information content (AvgIpc) is 2.31. The summed E-state index contributed by atoms with van der Waals surface area (Å²) in [6.07, 6.45) is 8.59. The van der Waals surface area contributed by atoms with Crippen LogP contribution in [-0.4, -0.2) is 23.6 Å². The quantitative estimate of drug-likeness (QED) is 0.809. The van der Waals surface area contributed by atoms with Crippen LogP contribution in [0.4, 0.5) is 0 Å². The second-order valence-electron chi connectivity index (χ2n) is 5.95. The van der Waals surface area contributed by atoms with Crippen molar-refractivity contribution >= 4 is 11.8 Å². The Kier molecular flexibility index (Phi) is 4.60. The Morgan fingerprint density at radius 1 is 1.25 bits per heavy atom. The predicted octanol–water partition coefficient (Wildman–Crippen LogP) is 3.69. The first kappa shape index (κ1) is 12.8. The van der Waals surface area contributed by atoms with Crippen LogP contribution in [-0.2, 0) is 0 Å². The van der Waals surface area contributed by atoms with Gasteiger partial charge in [-0.05, 0) is 62.0 Å². The zero-order valence-corrected chi connectivity index (χ0v) is 11.7. The highest BCUT2D eigenvalue weighted by Crippen LogP contribution is 2.37. The summed E-state index contributed by atoms with van der Waals surface area (Å²) in [5.41, 5.74) is 0.477.